The second-order valence-electron chi connectivity index (χ2n) is 5.47. The maximum atomic E-state index is 13.0. The number of nitrogens with one attached hydrogen (secondary N) is 2. The van der Waals surface area contributed by atoms with E-state index in [0.29, 0.717) is 22.9 Å². The number of amides is 2. The molecule has 0 aliphatic heterocycles. The smallest absolute Gasteiger partial charge is 0.309 e. The number of hydrogen-bond donors (Lipinski definition) is 2. The van der Waals surface area contributed by atoms with E-state index < -0.39 is 26.9 Å². The number of hydrogen-bond acceptors (Lipinski definition) is 5. The minimum absolute atomic E-state index is 0.102. The number of halogens is 1. The Labute approximate surface area is 161 Å². The van der Waals surface area contributed by atoms with E-state index in [4.69, 9.17) is 11.6 Å². The summed E-state index contributed by atoms with van der Waals surface area (Å²) < 4.78 is 26.0. The first kappa shape index (κ1) is 20.4. The fourth-order valence-corrected chi connectivity index (χ4v) is 5.12. The lowest BCUT2D eigenvalue weighted by atomic mass is 10.3. The van der Waals surface area contributed by atoms with Crippen LogP contribution in [0.4, 0.5) is 0 Å². The third-order valence-electron chi connectivity index (χ3n) is 3.57. The highest BCUT2D eigenvalue weighted by molar-refractivity contribution is 7.91. The van der Waals surface area contributed by atoms with E-state index in [0.717, 1.165) is 0 Å². The van der Waals surface area contributed by atoms with Crippen LogP contribution in [0.5, 0.6) is 0 Å². The minimum Gasteiger partial charge on any atom is -0.348 e. The monoisotopic (exact) mass is 414 g/mol. The molecule has 26 heavy (non-hydrogen) atoms. The standard InChI is InChI=1S/C17H19ClN2O4S2/c1-2-9-19-16(21)17(22)20-11-15(14-4-3-10-25-14)26(23,24)13-7-5-12(18)6-8-13/h3-8,10,15H,2,9,11H2,1H3,(H,19,21)(H,20,22). The first-order chi connectivity index (χ1) is 12.4. The number of carbonyl (C=O) groups excluding carboxylic acids is 2. The summed E-state index contributed by atoms with van der Waals surface area (Å²) in [6.07, 6.45) is 0.696. The zero-order chi connectivity index (χ0) is 19.2. The number of benzene rings is 1. The summed E-state index contributed by atoms with van der Waals surface area (Å²) in [5.74, 6) is -1.63. The van der Waals surface area contributed by atoms with Gasteiger partial charge in [0.05, 0.1) is 4.90 Å². The van der Waals surface area contributed by atoms with Crippen molar-refractivity contribution in [3.63, 3.8) is 0 Å². The number of sulfone groups is 1. The molecule has 0 radical (unpaired) electrons. The summed E-state index contributed by atoms with van der Waals surface area (Å²) in [7, 11) is -3.77. The Morgan fingerprint density at radius 1 is 1.12 bits per heavy atom. The fraction of sp³-hybridized carbons (Fsp3) is 0.294. The van der Waals surface area contributed by atoms with Gasteiger partial charge in [-0.05, 0) is 42.1 Å². The van der Waals surface area contributed by atoms with Gasteiger partial charge in [-0.25, -0.2) is 8.42 Å². The molecule has 0 saturated carbocycles. The molecule has 0 aliphatic rings. The van der Waals surface area contributed by atoms with E-state index in [2.05, 4.69) is 10.6 Å². The molecule has 6 nitrogen and oxygen atoms in total. The molecule has 1 atom stereocenters. The SMILES string of the molecule is CCCNC(=O)C(=O)NCC(c1cccs1)S(=O)(=O)c1ccc(Cl)cc1. The molecule has 1 aromatic carbocycles. The van der Waals surface area contributed by atoms with Crippen LogP contribution >= 0.6 is 22.9 Å². The Hall–Kier alpha value is -1.90. The Kier molecular flexibility index (Phi) is 7.19. The fourth-order valence-electron chi connectivity index (χ4n) is 2.21. The van der Waals surface area contributed by atoms with Gasteiger partial charge in [0.1, 0.15) is 5.25 Å². The average Bonchev–Trinajstić information content (AvgIpc) is 3.14. The highest BCUT2D eigenvalue weighted by Gasteiger charge is 2.31. The molecule has 140 valence electrons. The first-order valence-electron chi connectivity index (χ1n) is 7.95. The van der Waals surface area contributed by atoms with Crippen molar-refractivity contribution in [3.05, 3.63) is 51.7 Å². The van der Waals surface area contributed by atoms with Crippen molar-refractivity contribution < 1.29 is 18.0 Å². The van der Waals surface area contributed by atoms with Crippen molar-refractivity contribution in [2.45, 2.75) is 23.5 Å². The van der Waals surface area contributed by atoms with E-state index in [1.165, 1.54) is 35.6 Å². The highest BCUT2D eigenvalue weighted by Crippen LogP contribution is 2.31. The van der Waals surface area contributed by atoms with Crippen molar-refractivity contribution >= 4 is 44.6 Å². The van der Waals surface area contributed by atoms with Gasteiger partial charge in [-0.2, -0.15) is 0 Å². The first-order valence-corrected chi connectivity index (χ1v) is 10.8. The maximum Gasteiger partial charge on any atom is 0.309 e. The summed E-state index contributed by atoms with van der Waals surface area (Å²) in [5.41, 5.74) is 0. The molecule has 1 heterocycles. The summed E-state index contributed by atoms with van der Waals surface area (Å²) in [6, 6.07) is 9.27. The summed E-state index contributed by atoms with van der Waals surface area (Å²) in [6.45, 7) is 2.04. The highest BCUT2D eigenvalue weighted by atomic mass is 35.5. The van der Waals surface area contributed by atoms with Gasteiger partial charge >= 0.3 is 11.8 Å². The molecule has 9 heteroatoms. The van der Waals surface area contributed by atoms with Crippen LogP contribution in [0.15, 0.2) is 46.7 Å². The quantitative estimate of drug-likeness (QED) is 0.681. The molecular weight excluding hydrogens is 396 g/mol. The van der Waals surface area contributed by atoms with Gasteiger partial charge < -0.3 is 10.6 Å². The third-order valence-corrected chi connectivity index (χ3v) is 7.05. The maximum absolute atomic E-state index is 13.0. The number of carbonyl (C=O) groups is 2. The summed E-state index contributed by atoms with van der Waals surface area (Å²) in [4.78, 5) is 24.3. The van der Waals surface area contributed by atoms with Crippen LogP contribution in [0, 0.1) is 0 Å². The van der Waals surface area contributed by atoms with Crippen molar-refractivity contribution in [2.24, 2.45) is 0 Å². The van der Waals surface area contributed by atoms with Gasteiger partial charge in [0.15, 0.2) is 9.84 Å². The molecule has 2 amide bonds. The normalized spacial score (nSPS) is 12.4. The van der Waals surface area contributed by atoms with Crippen molar-refractivity contribution in [1.82, 2.24) is 10.6 Å². The Bertz CT molecular complexity index is 849. The van der Waals surface area contributed by atoms with Crippen LogP contribution in [0.3, 0.4) is 0 Å². The summed E-state index contributed by atoms with van der Waals surface area (Å²) in [5, 5.41) is 6.07. The largest absolute Gasteiger partial charge is 0.348 e. The Morgan fingerprint density at radius 2 is 1.77 bits per heavy atom. The van der Waals surface area contributed by atoms with E-state index in [1.807, 2.05) is 6.92 Å². The predicted octanol–water partition coefficient (Wildman–Crippen LogP) is 2.56. The Balaban J connectivity index is 2.21. The topological polar surface area (TPSA) is 92.3 Å². The molecule has 0 bridgehead atoms. The van der Waals surface area contributed by atoms with E-state index in [1.54, 1.807) is 17.5 Å². The van der Waals surface area contributed by atoms with E-state index in [9.17, 15) is 18.0 Å². The van der Waals surface area contributed by atoms with Gasteiger partial charge in [0.25, 0.3) is 0 Å². The average molecular weight is 415 g/mol. The molecule has 1 aromatic heterocycles. The summed E-state index contributed by atoms with van der Waals surface area (Å²) >= 11 is 7.10. The zero-order valence-electron chi connectivity index (χ0n) is 14.1. The van der Waals surface area contributed by atoms with Crippen LogP contribution < -0.4 is 10.6 Å². The van der Waals surface area contributed by atoms with Crippen LogP contribution in [-0.4, -0.2) is 33.3 Å². The number of thiophene rings is 1. The van der Waals surface area contributed by atoms with Crippen molar-refractivity contribution in [2.75, 3.05) is 13.1 Å². The van der Waals surface area contributed by atoms with Gasteiger partial charge in [0.2, 0.25) is 0 Å². The molecule has 0 fully saturated rings. The second kappa shape index (κ2) is 9.16. The van der Waals surface area contributed by atoms with Crippen LogP contribution in [0.25, 0.3) is 0 Å². The third kappa shape index (κ3) is 5.06. The lowest BCUT2D eigenvalue weighted by Crippen LogP contribution is -2.42. The van der Waals surface area contributed by atoms with Gasteiger partial charge in [-0.3, -0.25) is 9.59 Å². The molecule has 2 rings (SSSR count). The van der Waals surface area contributed by atoms with Gasteiger partial charge in [0, 0.05) is 23.0 Å². The van der Waals surface area contributed by atoms with Gasteiger partial charge in [-0.1, -0.05) is 24.6 Å². The molecule has 0 aliphatic carbocycles. The van der Waals surface area contributed by atoms with Crippen molar-refractivity contribution in [1.29, 1.82) is 0 Å². The van der Waals surface area contributed by atoms with Crippen molar-refractivity contribution in [3.8, 4) is 0 Å². The molecule has 1 unspecified atom stereocenters. The van der Waals surface area contributed by atoms with Crippen LogP contribution in [-0.2, 0) is 19.4 Å². The predicted molar refractivity (Wildman–Crippen MR) is 102 cm³/mol. The molecule has 2 N–H and O–H groups in total. The molecule has 0 saturated heterocycles. The molecule has 0 spiro atoms. The Morgan fingerprint density at radius 3 is 2.35 bits per heavy atom. The van der Waals surface area contributed by atoms with E-state index >= 15 is 0 Å². The minimum atomic E-state index is -3.77. The van der Waals surface area contributed by atoms with Crippen LogP contribution in [0.1, 0.15) is 23.5 Å². The second-order valence-corrected chi connectivity index (χ2v) is 9.02. The lowest BCUT2D eigenvalue weighted by molar-refractivity contribution is -0.139. The molecule has 2 aromatic rings. The van der Waals surface area contributed by atoms with Gasteiger partial charge in [-0.15, -0.1) is 11.3 Å². The van der Waals surface area contributed by atoms with E-state index in [-0.39, 0.29) is 11.4 Å². The van der Waals surface area contributed by atoms with Crippen LogP contribution in [0.2, 0.25) is 5.02 Å². The lowest BCUT2D eigenvalue weighted by Gasteiger charge is -2.17. The molecular formula is C17H19ClN2O4S2. The zero-order valence-corrected chi connectivity index (χ0v) is 16.5. The number of rotatable bonds is 7.